The molecule has 2 unspecified atom stereocenters. The van der Waals surface area contributed by atoms with Gasteiger partial charge in [-0.05, 0) is 72.9 Å². The topological polar surface area (TPSA) is 6.48 Å². The van der Waals surface area contributed by atoms with Gasteiger partial charge >= 0.3 is 8.80 Å². The molecule has 1 aliphatic carbocycles. The van der Waals surface area contributed by atoms with E-state index in [0.29, 0.717) is 6.04 Å². The summed E-state index contributed by atoms with van der Waals surface area (Å²) in [6.07, 6.45) is 10.6. The van der Waals surface area contributed by atoms with E-state index in [1.165, 1.54) is 39.0 Å². The molecule has 0 spiro atoms. The molecule has 3 aromatic carbocycles. The van der Waals surface area contributed by atoms with Gasteiger partial charge in [0.1, 0.15) is 0 Å². The summed E-state index contributed by atoms with van der Waals surface area (Å²) in [5.74, 6) is 0. The number of rotatable bonds is 3. The Labute approximate surface area is 224 Å². The van der Waals surface area contributed by atoms with Gasteiger partial charge in [0.15, 0.2) is 0 Å². The molecule has 3 heteroatoms. The Kier molecular flexibility index (Phi) is 6.20. The van der Waals surface area contributed by atoms with Crippen LogP contribution in [0.4, 0.5) is 17.1 Å². The Morgan fingerprint density at radius 3 is 2.32 bits per heavy atom. The standard InChI is InChI=1S/C34H37N2Si/c1-25-23-29-30-24-28(37(3)4)18-19-31(30)36(27-15-9-6-10-16-27)32(29)20-22-35(26-13-7-5-8-14-26)33-17-11-12-21-34(25,33)2/h5-11,13-19,23-24,32-33H,1,12,20-22H2,2-4H3/q+1/t32?,33?,34-/m0/s1. The molecule has 2 aliphatic heterocycles. The number of hydrogen-bond acceptors (Lipinski definition) is 2. The summed E-state index contributed by atoms with van der Waals surface area (Å²) in [5.41, 5.74) is 7.98. The van der Waals surface area contributed by atoms with Gasteiger partial charge in [-0.15, -0.1) is 0 Å². The number of anilines is 3. The number of fused-ring (bicyclic) bond motifs is 4. The van der Waals surface area contributed by atoms with Crippen LogP contribution in [-0.4, -0.2) is 27.4 Å². The summed E-state index contributed by atoms with van der Waals surface area (Å²) in [7, 11) is -0.548. The lowest BCUT2D eigenvalue weighted by atomic mass is 9.69. The lowest BCUT2D eigenvalue weighted by Crippen LogP contribution is -2.48. The highest BCUT2D eigenvalue weighted by Crippen LogP contribution is 2.50. The monoisotopic (exact) mass is 501 g/mol. The molecule has 0 saturated carbocycles. The maximum absolute atomic E-state index is 4.78. The first-order chi connectivity index (χ1) is 18.0. The van der Waals surface area contributed by atoms with Crippen molar-refractivity contribution in [3.8, 4) is 0 Å². The van der Waals surface area contributed by atoms with Gasteiger partial charge in [-0.1, -0.05) is 68.1 Å². The van der Waals surface area contributed by atoms with Crippen LogP contribution in [0.3, 0.4) is 0 Å². The number of para-hydroxylation sites is 2. The van der Waals surface area contributed by atoms with Crippen molar-refractivity contribution in [3.63, 3.8) is 0 Å². The van der Waals surface area contributed by atoms with Crippen LogP contribution < -0.4 is 15.0 Å². The minimum atomic E-state index is -0.548. The number of allylic oxidation sites excluding steroid dienone is 2. The van der Waals surface area contributed by atoms with Gasteiger partial charge < -0.3 is 9.80 Å². The molecule has 0 fully saturated rings. The fraction of sp³-hybridized carbons (Fsp3) is 0.294. The molecule has 3 aliphatic rings. The second-order valence-electron chi connectivity index (χ2n) is 11.2. The molecule has 0 N–H and O–H groups in total. The average Bonchev–Trinajstić information content (AvgIpc) is 3.24. The number of hydrogen-bond donors (Lipinski definition) is 0. The highest BCUT2D eigenvalue weighted by Gasteiger charge is 2.44. The van der Waals surface area contributed by atoms with E-state index >= 15 is 0 Å². The van der Waals surface area contributed by atoms with Gasteiger partial charge in [0.05, 0.1) is 30.4 Å². The molecule has 6 rings (SSSR count). The largest absolute Gasteiger partial charge is 0.364 e. The summed E-state index contributed by atoms with van der Waals surface area (Å²) >= 11 is 0. The lowest BCUT2D eigenvalue weighted by Gasteiger charge is -2.46. The van der Waals surface area contributed by atoms with Crippen LogP contribution in [-0.2, 0) is 0 Å². The first-order valence-corrected chi connectivity index (χ1v) is 16.2. The van der Waals surface area contributed by atoms with E-state index in [-0.39, 0.29) is 11.5 Å². The van der Waals surface area contributed by atoms with E-state index in [1.54, 1.807) is 0 Å². The lowest BCUT2D eigenvalue weighted by molar-refractivity contribution is 0.309. The predicted octanol–water partition coefficient (Wildman–Crippen LogP) is 7.74. The van der Waals surface area contributed by atoms with E-state index in [9.17, 15) is 0 Å². The van der Waals surface area contributed by atoms with Gasteiger partial charge in [0, 0.05) is 34.6 Å². The van der Waals surface area contributed by atoms with Crippen molar-refractivity contribution in [2.24, 2.45) is 5.41 Å². The number of nitrogens with zero attached hydrogens (tertiary/aromatic N) is 2. The van der Waals surface area contributed by atoms with E-state index in [1.807, 2.05) is 0 Å². The first-order valence-electron chi connectivity index (χ1n) is 13.7. The molecule has 186 valence electrons. The molecule has 37 heavy (non-hydrogen) atoms. The van der Waals surface area contributed by atoms with Crippen LogP contribution in [0.25, 0.3) is 5.57 Å². The third kappa shape index (κ3) is 4.10. The van der Waals surface area contributed by atoms with Gasteiger partial charge in [-0.2, -0.15) is 0 Å². The molecule has 0 bridgehead atoms. The van der Waals surface area contributed by atoms with Crippen LogP contribution in [0.1, 0.15) is 31.7 Å². The zero-order valence-corrected chi connectivity index (χ0v) is 23.3. The fourth-order valence-electron chi connectivity index (χ4n) is 6.57. The Hall–Kier alpha value is -3.30. The van der Waals surface area contributed by atoms with E-state index in [0.717, 1.165) is 25.8 Å². The van der Waals surface area contributed by atoms with Gasteiger partial charge in [0.2, 0.25) is 0 Å². The van der Waals surface area contributed by atoms with E-state index in [4.69, 9.17) is 6.58 Å². The van der Waals surface area contributed by atoms with E-state index in [2.05, 4.69) is 127 Å². The minimum absolute atomic E-state index is 0.0190. The SMILES string of the molecule is C=C1C=C2c3cc([Si+](C)C)ccc3N(c3ccccc3)C2CCN(c2ccccc2)C2C=CCC[C@@]12C. The molecule has 0 aromatic heterocycles. The van der Waals surface area contributed by atoms with Crippen molar-refractivity contribution in [1.29, 1.82) is 0 Å². The molecule has 0 amide bonds. The summed E-state index contributed by atoms with van der Waals surface area (Å²) in [6.45, 7) is 13.0. The van der Waals surface area contributed by atoms with Gasteiger partial charge in [-0.25, -0.2) is 0 Å². The van der Waals surface area contributed by atoms with Crippen LogP contribution in [0.2, 0.25) is 13.1 Å². The molecule has 3 aromatic rings. The molecule has 0 saturated heterocycles. The van der Waals surface area contributed by atoms with Crippen molar-refractivity contribution in [2.75, 3.05) is 16.3 Å². The van der Waals surface area contributed by atoms with Crippen molar-refractivity contribution in [2.45, 2.75) is 51.4 Å². The summed E-state index contributed by atoms with van der Waals surface area (Å²) < 4.78 is 0. The zero-order chi connectivity index (χ0) is 25.6. The van der Waals surface area contributed by atoms with Crippen LogP contribution in [0.15, 0.2) is 109 Å². The Balaban J connectivity index is 1.54. The summed E-state index contributed by atoms with van der Waals surface area (Å²) in [4.78, 5) is 5.24. The van der Waals surface area contributed by atoms with Crippen molar-refractivity contribution in [1.82, 2.24) is 0 Å². The average molecular weight is 502 g/mol. The first kappa shape index (κ1) is 24.1. The van der Waals surface area contributed by atoms with Crippen LogP contribution >= 0.6 is 0 Å². The molecular weight excluding hydrogens is 464 g/mol. The van der Waals surface area contributed by atoms with Crippen LogP contribution in [0.5, 0.6) is 0 Å². The molecule has 3 atom stereocenters. The van der Waals surface area contributed by atoms with Gasteiger partial charge in [0.25, 0.3) is 0 Å². The smallest absolute Gasteiger partial charge is 0.345 e. The number of benzene rings is 3. The zero-order valence-electron chi connectivity index (χ0n) is 22.3. The molecule has 2 heterocycles. The fourth-order valence-corrected chi connectivity index (χ4v) is 7.42. The maximum Gasteiger partial charge on any atom is 0.345 e. The molecule has 0 radical (unpaired) electrons. The molecule has 2 nitrogen and oxygen atoms in total. The van der Waals surface area contributed by atoms with Gasteiger partial charge in [-0.3, -0.25) is 0 Å². The second kappa shape index (κ2) is 9.53. The van der Waals surface area contributed by atoms with E-state index < -0.39 is 8.80 Å². The summed E-state index contributed by atoms with van der Waals surface area (Å²) in [6, 6.07) is 29.8. The normalized spacial score (nSPS) is 24.8. The molecular formula is C34H37N2Si+. The Morgan fingerprint density at radius 2 is 1.62 bits per heavy atom. The third-order valence-electron chi connectivity index (χ3n) is 8.78. The predicted molar refractivity (Wildman–Crippen MR) is 162 cm³/mol. The van der Waals surface area contributed by atoms with Crippen LogP contribution in [0, 0.1) is 5.41 Å². The highest BCUT2D eigenvalue weighted by molar-refractivity contribution is 6.70. The van der Waals surface area contributed by atoms with Crippen molar-refractivity contribution < 1.29 is 0 Å². The van der Waals surface area contributed by atoms with Crippen molar-refractivity contribution in [3.05, 3.63) is 115 Å². The summed E-state index contributed by atoms with van der Waals surface area (Å²) in [5, 5.41) is 1.50. The third-order valence-corrected chi connectivity index (χ3v) is 10.2. The maximum atomic E-state index is 4.78. The second-order valence-corrected chi connectivity index (χ2v) is 13.8. The minimum Gasteiger partial charge on any atom is -0.364 e. The quantitative estimate of drug-likeness (QED) is 0.267. The Morgan fingerprint density at radius 1 is 0.919 bits per heavy atom. The Bertz CT molecular complexity index is 1360. The van der Waals surface area contributed by atoms with Crippen molar-refractivity contribution >= 4 is 36.6 Å². The highest BCUT2D eigenvalue weighted by atomic mass is 28.3.